The third-order valence-electron chi connectivity index (χ3n) is 2.71. The van der Waals surface area contributed by atoms with Crippen LogP contribution in [0.3, 0.4) is 0 Å². The summed E-state index contributed by atoms with van der Waals surface area (Å²) in [4.78, 5) is 12.2. The van der Waals surface area contributed by atoms with Crippen LogP contribution >= 0.6 is 43.5 Å². The van der Waals surface area contributed by atoms with Gasteiger partial charge in [0.05, 0.1) is 5.56 Å². The number of alkyl halides is 1. The van der Waals surface area contributed by atoms with E-state index in [2.05, 4.69) is 51.0 Å². The highest BCUT2D eigenvalue weighted by Crippen LogP contribution is 2.22. The van der Waals surface area contributed by atoms with Crippen LogP contribution in [-0.2, 0) is 0 Å². The lowest BCUT2D eigenvalue weighted by atomic mass is 10.0. The van der Waals surface area contributed by atoms with Crippen molar-refractivity contribution in [1.29, 1.82) is 0 Å². The summed E-state index contributed by atoms with van der Waals surface area (Å²) >= 11 is 12.5. The van der Waals surface area contributed by atoms with Gasteiger partial charge in [-0.3, -0.25) is 4.79 Å². The highest BCUT2D eigenvalue weighted by molar-refractivity contribution is 9.11. The molecule has 1 unspecified atom stereocenters. The van der Waals surface area contributed by atoms with Crippen LogP contribution in [0.15, 0.2) is 27.1 Å². The second kappa shape index (κ2) is 7.51. The molecule has 0 aliphatic carbocycles. The fourth-order valence-electron chi connectivity index (χ4n) is 1.61. The van der Waals surface area contributed by atoms with E-state index in [4.69, 9.17) is 11.6 Å². The Morgan fingerprint density at radius 3 is 2.61 bits per heavy atom. The first-order valence-electron chi connectivity index (χ1n) is 5.77. The molecule has 1 aromatic carbocycles. The molecule has 0 bridgehead atoms. The van der Waals surface area contributed by atoms with E-state index < -0.39 is 0 Å². The number of carbonyl (C=O) groups is 1. The molecule has 0 radical (unpaired) electrons. The maximum Gasteiger partial charge on any atom is 0.252 e. The molecule has 0 aliphatic heterocycles. The number of nitrogens with one attached hydrogen (secondary N) is 1. The number of carbonyl (C=O) groups excluding carboxylic acids is 1. The molecular weight excluding hydrogens is 381 g/mol. The molecule has 18 heavy (non-hydrogen) atoms. The maximum atomic E-state index is 12.2. The number of hydrogen-bond donors (Lipinski definition) is 1. The third kappa shape index (κ3) is 4.56. The summed E-state index contributed by atoms with van der Waals surface area (Å²) in [5, 5.41) is 3.03. The largest absolute Gasteiger partial charge is 0.349 e. The Morgan fingerprint density at radius 2 is 2.06 bits per heavy atom. The Morgan fingerprint density at radius 1 is 1.39 bits per heavy atom. The number of benzene rings is 1. The van der Waals surface area contributed by atoms with Crippen molar-refractivity contribution in [2.75, 3.05) is 5.88 Å². The molecule has 0 saturated heterocycles. The van der Waals surface area contributed by atoms with Crippen molar-refractivity contribution in [2.45, 2.75) is 26.3 Å². The predicted molar refractivity (Wildman–Crippen MR) is 83.3 cm³/mol. The molecule has 0 saturated carbocycles. The Bertz CT molecular complexity index is 423. The standard InChI is InChI=1S/C13H16Br2ClNO/c1-8(2)12(5-6-16)17-13(18)10-7-9(14)3-4-11(10)15/h3-4,7-8,12H,5-6H2,1-2H3,(H,17,18). The van der Waals surface area contributed by atoms with Crippen LogP contribution in [0.2, 0.25) is 0 Å². The van der Waals surface area contributed by atoms with E-state index >= 15 is 0 Å². The van der Waals surface area contributed by atoms with E-state index in [1.165, 1.54) is 0 Å². The minimum atomic E-state index is -0.0769. The molecule has 100 valence electrons. The van der Waals surface area contributed by atoms with Crippen molar-refractivity contribution in [3.8, 4) is 0 Å². The van der Waals surface area contributed by atoms with Gasteiger partial charge in [0, 0.05) is 20.9 Å². The summed E-state index contributed by atoms with van der Waals surface area (Å²) in [7, 11) is 0. The lowest BCUT2D eigenvalue weighted by Gasteiger charge is -2.21. The van der Waals surface area contributed by atoms with Gasteiger partial charge in [-0.25, -0.2) is 0 Å². The maximum absolute atomic E-state index is 12.2. The Balaban J connectivity index is 2.83. The van der Waals surface area contributed by atoms with Gasteiger partial charge in [-0.2, -0.15) is 0 Å². The third-order valence-corrected chi connectivity index (χ3v) is 4.12. The van der Waals surface area contributed by atoms with Crippen LogP contribution in [0.25, 0.3) is 0 Å². The minimum absolute atomic E-state index is 0.0769. The Hall–Kier alpha value is -0.0600. The first-order chi connectivity index (χ1) is 8.45. The van der Waals surface area contributed by atoms with Crippen LogP contribution < -0.4 is 5.32 Å². The molecule has 0 fully saturated rings. The quantitative estimate of drug-likeness (QED) is 0.723. The second-order valence-electron chi connectivity index (χ2n) is 4.43. The van der Waals surface area contributed by atoms with Crippen molar-refractivity contribution >= 4 is 49.4 Å². The number of halogens is 3. The second-order valence-corrected chi connectivity index (χ2v) is 6.57. The van der Waals surface area contributed by atoms with Crippen LogP contribution in [0.1, 0.15) is 30.6 Å². The minimum Gasteiger partial charge on any atom is -0.349 e. The van der Waals surface area contributed by atoms with Crippen LogP contribution in [-0.4, -0.2) is 17.8 Å². The van der Waals surface area contributed by atoms with Crippen molar-refractivity contribution in [1.82, 2.24) is 5.32 Å². The Labute approximate surface area is 130 Å². The molecular formula is C13H16Br2ClNO. The van der Waals surface area contributed by atoms with Gasteiger partial charge in [0.15, 0.2) is 0 Å². The number of rotatable bonds is 5. The summed E-state index contributed by atoms with van der Waals surface area (Å²) in [5.74, 6) is 0.827. The summed E-state index contributed by atoms with van der Waals surface area (Å²) in [6.07, 6.45) is 0.774. The normalized spacial score (nSPS) is 12.6. The molecule has 1 rings (SSSR count). The van der Waals surface area contributed by atoms with Gasteiger partial charge in [0.2, 0.25) is 0 Å². The van der Waals surface area contributed by atoms with E-state index in [-0.39, 0.29) is 11.9 Å². The molecule has 2 nitrogen and oxygen atoms in total. The van der Waals surface area contributed by atoms with E-state index in [0.717, 1.165) is 15.4 Å². The average molecular weight is 398 g/mol. The van der Waals surface area contributed by atoms with Gasteiger partial charge in [0.25, 0.3) is 5.91 Å². The summed E-state index contributed by atoms with van der Waals surface area (Å²) in [5.41, 5.74) is 0.629. The summed E-state index contributed by atoms with van der Waals surface area (Å²) in [6.45, 7) is 4.15. The van der Waals surface area contributed by atoms with Crippen molar-refractivity contribution in [2.24, 2.45) is 5.92 Å². The summed E-state index contributed by atoms with van der Waals surface area (Å²) in [6, 6.07) is 5.64. The van der Waals surface area contributed by atoms with E-state index in [1.807, 2.05) is 12.1 Å². The van der Waals surface area contributed by atoms with Gasteiger partial charge in [-0.05, 0) is 46.5 Å². The van der Waals surface area contributed by atoms with Gasteiger partial charge >= 0.3 is 0 Å². The molecule has 5 heteroatoms. The van der Waals surface area contributed by atoms with E-state index in [1.54, 1.807) is 6.07 Å². The fourth-order valence-corrected chi connectivity index (χ4v) is 2.63. The molecule has 1 amide bonds. The highest BCUT2D eigenvalue weighted by Gasteiger charge is 2.18. The first kappa shape index (κ1) is 16.0. The average Bonchev–Trinajstić information content (AvgIpc) is 2.31. The first-order valence-corrected chi connectivity index (χ1v) is 7.89. The zero-order chi connectivity index (χ0) is 13.7. The highest BCUT2D eigenvalue weighted by atomic mass is 79.9. The lowest BCUT2D eigenvalue weighted by Crippen LogP contribution is -2.39. The summed E-state index contributed by atoms with van der Waals surface area (Å²) < 4.78 is 1.67. The monoisotopic (exact) mass is 395 g/mol. The fraction of sp³-hybridized carbons (Fsp3) is 0.462. The topological polar surface area (TPSA) is 29.1 Å². The SMILES string of the molecule is CC(C)C(CCCl)NC(=O)c1cc(Br)ccc1Br. The van der Waals surface area contributed by atoms with Crippen LogP contribution in [0, 0.1) is 5.92 Å². The molecule has 1 N–H and O–H groups in total. The van der Waals surface area contributed by atoms with Crippen molar-refractivity contribution in [3.63, 3.8) is 0 Å². The van der Waals surface area contributed by atoms with E-state index in [9.17, 15) is 4.79 Å². The van der Waals surface area contributed by atoms with Gasteiger partial charge in [0.1, 0.15) is 0 Å². The smallest absolute Gasteiger partial charge is 0.252 e. The zero-order valence-electron chi connectivity index (χ0n) is 10.3. The van der Waals surface area contributed by atoms with Gasteiger partial charge in [-0.15, -0.1) is 11.6 Å². The molecule has 0 aromatic heterocycles. The van der Waals surface area contributed by atoms with Crippen LogP contribution in [0.4, 0.5) is 0 Å². The number of amides is 1. The molecule has 0 aliphatic rings. The molecule has 1 aromatic rings. The molecule has 0 spiro atoms. The van der Waals surface area contributed by atoms with Gasteiger partial charge in [-0.1, -0.05) is 29.8 Å². The van der Waals surface area contributed by atoms with Crippen molar-refractivity contribution < 1.29 is 4.79 Å². The predicted octanol–water partition coefficient (Wildman–Crippen LogP) is 4.59. The Kier molecular flexibility index (Phi) is 6.67. The lowest BCUT2D eigenvalue weighted by molar-refractivity contribution is 0.0924. The van der Waals surface area contributed by atoms with Crippen molar-refractivity contribution in [3.05, 3.63) is 32.7 Å². The number of hydrogen-bond acceptors (Lipinski definition) is 1. The molecule has 1 atom stereocenters. The zero-order valence-corrected chi connectivity index (χ0v) is 14.3. The van der Waals surface area contributed by atoms with E-state index in [0.29, 0.717) is 17.4 Å². The van der Waals surface area contributed by atoms with Crippen LogP contribution in [0.5, 0.6) is 0 Å². The van der Waals surface area contributed by atoms with Gasteiger partial charge < -0.3 is 5.32 Å². The molecule has 0 heterocycles.